The standard InChI is InChI=1S/C21H15ClF4N2O3/c22-13-2-1-3-14(10-13)28-15(11-19(27-28)21(24,25)26)5-6-16(29)8-12-4-7-17(20(30)31)18(23)9-12/h1-4,7,9-11H,5-6,8H2,(H,30,31). The average molecular weight is 455 g/mol. The van der Waals surface area contributed by atoms with Gasteiger partial charge in [0.25, 0.3) is 0 Å². The van der Waals surface area contributed by atoms with Crippen LogP contribution < -0.4 is 0 Å². The van der Waals surface area contributed by atoms with Gasteiger partial charge in [0.05, 0.1) is 11.3 Å². The molecule has 0 fully saturated rings. The van der Waals surface area contributed by atoms with Crippen molar-refractivity contribution in [1.82, 2.24) is 9.78 Å². The topological polar surface area (TPSA) is 72.2 Å². The SMILES string of the molecule is O=C(CCc1cc(C(F)(F)F)nn1-c1cccc(Cl)c1)Cc1ccc(C(=O)O)c(F)c1. The Hall–Kier alpha value is -3.20. The molecule has 0 bridgehead atoms. The lowest BCUT2D eigenvalue weighted by atomic mass is 10.0. The molecular weight excluding hydrogens is 440 g/mol. The number of carbonyl (C=O) groups excluding carboxylic acids is 1. The van der Waals surface area contributed by atoms with Crippen LogP contribution in [0, 0.1) is 5.82 Å². The van der Waals surface area contributed by atoms with Crippen molar-refractivity contribution in [3.05, 3.63) is 81.9 Å². The van der Waals surface area contributed by atoms with Crippen molar-refractivity contribution < 1.29 is 32.3 Å². The van der Waals surface area contributed by atoms with Crippen molar-refractivity contribution >= 4 is 23.4 Å². The minimum atomic E-state index is -4.66. The van der Waals surface area contributed by atoms with Crippen LogP contribution >= 0.6 is 11.6 Å². The summed E-state index contributed by atoms with van der Waals surface area (Å²) in [4.78, 5) is 23.2. The van der Waals surface area contributed by atoms with E-state index in [-0.39, 0.29) is 36.3 Å². The van der Waals surface area contributed by atoms with Gasteiger partial charge in [-0.2, -0.15) is 18.3 Å². The van der Waals surface area contributed by atoms with Gasteiger partial charge in [-0.25, -0.2) is 13.9 Å². The fourth-order valence-corrected chi connectivity index (χ4v) is 3.18. The lowest BCUT2D eigenvalue weighted by Gasteiger charge is -2.08. The third kappa shape index (κ3) is 5.49. The molecule has 31 heavy (non-hydrogen) atoms. The second kappa shape index (κ2) is 8.89. The van der Waals surface area contributed by atoms with Gasteiger partial charge in [-0.05, 0) is 48.4 Å². The molecule has 0 atom stereocenters. The molecule has 162 valence electrons. The molecule has 1 N–H and O–H groups in total. The number of Topliss-reactive ketones (excluding diaryl/α,β-unsaturated/α-hetero) is 1. The predicted molar refractivity (Wildman–Crippen MR) is 104 cm³/mol. The van der Waals surface area contributed by atoms with E-state index in [4.69, 9.17) is 16.7 Å². The maximum Gasteiger partial charge on any atom is 0.435 e. The number of aromatic carboxylic acids is 1. The van der Waals surface area contributed by atoms with Gasteiger partial charge in [0.15, 0.2) is 5.69 Å². The molecule has 1 heterocycles. The summed E-state index contributed by atoms with van der Waals surface area (Å²) < 4.78 is 54.3. The summed E-state index contributed by atoms with van der Waals surface area (Å²) in [6, 6.07) is 10.3. The lowest BCUT2D eigenvalue weighted by Crippen LogP contribution is -2.09. The molecule has 1 aromatic heterocycles. The molecule has 0 amide bonds. The van der Waals surface area contributed by atoms with Crippen LogP contribution in [0.5, 0.6) is 0 Å². The summed E-state index contributed by atoms with van der Waals surface area (Å²) in [7, 11) is 0. The van der Waals surface area contributed by atoms with Gasteiger partial charge in [0.2, 0.25) is 0 Å². The maximum absolute atomic E-state index is 13.8. The van der Waals surface area contributed by atoms with E-state index in [0.717, 1.165) is 22.9 Å². The molecule has 10 heteroatoms. The fraction of sp³-hybridized carbons (Fsp3) is 0.190. The van der Waals surface area contributed by atoms with E-state index in [0.29, 0.717) is 10.7 Å². The van der Waals surface area contributed by atoms with Gasteiger partial charge in [0, 0.05) is 23.6 Å². The quantitative estimate of drug-likeness (QED) is 0.503. The fourth-order valence-electron chi connectivity index (χ4n) is 2.99. The first-order valence-electron chi connectivity index (χ1n) is 9.00. The van der Waals surface area contributed by atoms with E-state index in [9.17, 15) is 27.2 Å². The molecule has 3 aromatic rings. The Morgan fingerprint density at radius 1 is 1.10 bits per heavy atom. The van der Waals surface area contributed by atoms with E-state index in [2.05, 4.69) is 5.10 Å². The molecule has 0 saturated carbocycles. The molecular formula is C21H15ClF4N2O3. The van der Waals surface area contributed by atoms with Crippen LogP contribution in [0.15, 0.2) is 48.5 Å². The van der Waals surface area contributed by atoms with Crippen molar-refractivity contribution in [3.8, 4) is 5.69 Å². The Balaban J connectivity index is 1.77. The second-order valence-corrected chi connectivity index (χ2v) is 7.18. The molecule has 3 rings (SSSR count). The summed E-state index contributed by atoms with van der Waals surface area (Å²) in [6.45, 7) is 0. The summed E-state index contributed by atoms with van der Waals surface area (Å²) in [6.07, 6.45) is -5.00. The number of carbonyl (C=O) groups is 2. The van der Waals surface area contributed by atoms with Crippen molar-refractivity contribution in [2.45, 2.75) is 25.4 Å². The zero-order valence-corrected chi connectivity index (χ0v) is 16.5. The Kier molecular flexibility index (Phi) is 6.45. The minimum absolute atomic E-state index is 0.0376. The first kappa shape index (κ1) is 22.5. The predicted octanol–water partition coefficient (Wildman–Crippen LogP) is 5.13. The second-order valence-electron chi connectivity index (χ2n) is 6.75. The van der Waals surface area contributed by atoms with E-state index in [1.54, 1.807) is 12.1 Å². The molecule has 0 spiro atoms. The summed E-state index contributed by atoms with van der Waals surface area (Å²) in [5, 5.41) is 12.8. The van der Waals surface area contributed by atoms with E-state index in [1.165, 1.54) is 18.2 Å². The normalized spacial score (nSPS) is 11.5. The Labute approximate surface area is 178 Å². The van der Waals surface area contributed by atoms with Crippen molar-refractivity contribution in [2.75, 3.05) is 0 Å². The summed E-state index contributed by atoms with van der Waals surface area (Å²) in [5.74, 6) is -2.74. The van der Waals surface area contributed by atoms with Gasteiger partial charge in [-0.1, -0.05) is 23.7 Å². The highest BCUT2D eigenvalue weighted by molar-refractivity contribution is 6.30. The number of aryl methyl sites for hydroxylation is 1. The van der Waals surface area contributed by atoms with Crippen molar-refractivity contribution in [3.63, 3.8) is 0 Å². The number of carboxylic acid groups (broad SMARTS) is 1. The van der Waals surface area contributed by atoms with E-state index < -0.39 is 29.2 Å². The van der Waals surface area contributed by atoms with Gasteiger partial charge in [0.1, 0.15) is 11.6 Å². The maximum atomic E-state index is 13.8. The lowest BCUT2D eigenvalue weighted by molar-refractivity contribution is -0.141. The zero-order chi connectivity index (χ0) is 22.8. The summed E-state index contributed by atoms with van der Waals surface area (Å²) in [5.41, 5.74) is -0.860. The number of aromatic nitrogens is 2. The third-order valence-electron chi connectivity index (χ3n) is 4.45. The molecule has 5 nitrogen and oxygen atoms in total. The number of halogens is 5. The molecule has 2 aromatic carbocycles. The summed E-state index contributed by atoms with van der Waals surface area (Å²) >= 11 is 5.92. The molecule has 0 radical (unpaired) electrons. The van der Waals surface area contributed by atoms with Gasteiger partial charge in [-0.3, -0.25) is 4.79 Å². The highest BCUT2D eigenvalue weighted by atomic mass is 35.5. The minimum Gasteiger partial charge on any atom is -0.478 e. The Morgan fingerprint density at radius 2 is 1.84 bits per heavy atom. The smallest absolute Gasteiger partial charge is 0.435 e. The number of hydrogen-bond acceptors (Lipinski definition) is 3. The monoisotopic (exact) mass is 454 g/mol. The van der Waals surface area contributed by atoms with Crippen LogP contribution in [-0.2, 0) is 23.8 Å². The highest BCUT2D eigenvalue weighted by Crippen LogP contribution is 2.30. The van der Waals surface area contributed by atoms with Gasteiger partial charge < -0.3 is 5.11 Å². The number of rotatable bonds is 7. The Bertz CT molecular complexity index is 1140. The number of nitrogens with zero attached hydrogens (tertiary/aromatic N) is 2. The number of alkyl halides is 3. The zero-order valence-electron chi connectivity index (χ0n) is 15.8. The number of carboxylic acids is 1. The third-order valence-corrected chi connectivity index (χ3v) is 4.69. The van der Waals surface area contributed by atoms with E-state index >= 15 is 0 Å². The van der Waals surface area contributed by atoms with Crippen molar-refractivity contribution in [2.24, 2.45) is 0 Å². The number of ketones is 1. The molecule has 0 aliphatic carbocycles. The van der Waals surface area contributed by atoms with Gasteiger partial charge in [-0.15, -0.1) is 0 Å². The van der Waals surface area contributed by atoms with Crippen LogP contribution in [0.3, 0.4) is 0 Å². The molecule has 0 aliphatic rings. The van der Waals surface area contributed by atoms with Gasteiger partial charge >= 0.3 is 12.1 Å². The molecule has 0 saturated heterocycles. The number of hydrogen-bond donors (Lipinski definition) is 1. The molecule has 0 unspecified atom stereocenters. The van der Waals surface area contributed by atoms with E-state index in [1.807, 2.05) is 0 Å². The van der Waals surface area contributed by atoms with Crippen LogP contribution in [-0.4, -0.2) is 26.6 Å². The number of benzene rings is 2. The average Bonchev–Trinajstić information content (AvgIpc) is 3.11. The van der Waals surface area contributed by atoms with Crippen molar-refractivity contribution in [1.29, 1.82) is 0 Å². The van der Waals surface area contributed by atoms with Crippen LogP contribution in [0.25, 0.3) is 5.69 Å². The Morgan fingerprint density at radius 3 is 2.45 bits per heavy atom. The largest absolute Gasteiger partial charge is 0.478 e. The molecule has 0 aliphatic heterocycles. The first-order chi connectivity index (χ1) is 14.5. The first-order valence-corrected chi connectivity index (χ1v) is 9.38. The van der Waals surface area contributed by atoms with Crippen LogP contribution in [0.4, 0.5) is 17.6 Å². The van der Waals surface area contributed by atoms with Crippen LogP contribution in [0.1, 0.15) is 33.7 Å². The highest BCUT2D eigenvalue weighted by Gasteiger charge is 2.35. The van der Waals surface area contributed by atoms with Crippen LogP contribution in [0.2, 0.25) is 5.02 Å².